The number of likely N-dealkylation sites (tertiary alicyclic amines) is 1. The number of nitriles is 1. The number of nitrogens with zero attached hydrogens (tertiary/aromatic N) is 2. The van der Waals surface area contributed by atoms with E-state index in [1.165, 1.54) is 12.0 Å². The van der Waals surface area contributed by atoms with Crippen LogP contribution in [0.1, 0.15) is 55.4 Å². The molecule has 8 nitrogen and oxygen atoms in total. The van der Waals surface area contributed by atoms with Crippen molar-refractivity contribution in [1.82, 2.24) is 15.2 Å². The van der Waals surface area contributed by atoms with E-state index in [0.717, 1.165) is 6.42 Å². The number of ether oxygens (including phenoxy) is 1. The zero-order valence-electron chi connectivity index (χ0n) is 20.0. The second-order valence-corrected chi connectivity index (χ2v) is 10.4. The summed E-state index contributed by atoms with van der Waals surface area (Å²) in [6, 6.07) is 7.13. The van der Waals surface area contributed by atoms with Crippen molar-refractivity contribution in [3.63, 3.8) is 0 Å². The van der Waals surface area contributed by atoms with Gasteiger partial charge in [0, 0.05) is 48.0 Å². The predicted octanol–water partition coefficient (Wildman–Crippen LogP) is 3.57. The minimum atomic E-state index is -2.81. The number of aromatic amines is 1. The SMILES string of the molecule is COc1cccc2[nH]c(C(=O)N3CC4(C[C@H]3C(=O)N[C@H](C#N)C[C@@H]3CCCC3=O)CC(F)(F)C4)cc12. The van der Waals surface area contributed by atoms with Gasteiger partial charge in [-0.25, -0.2) is 8.78 Å². The normalized spacial score (nSPS) is 24.9. The molecule has 0 unspecified atom stereocenters. The number of aromatic nitrogens is 1. The molecule has 2 aliphatic carbocycles. The van der Waals surface area contributed by atoms with Crippen molar-refractivity contribution < 1.29 is 27.9 Å². The van der Waals surface area contributed by atoms with Crippen LogP contribution in [0.3, 0.4) is 0 Å². The van der Waals surface area contributed by atoms with Gasteiger partial charge in [-0.1, -0.05) is 6.07 Å². The highest BCUT2D eigenvalue weighted by molar-refractivity contribution is 6.02. The maximum Gasteiger partial charge on any atom is 0.271 e. The van der Waals surface area contributed by atoms with E-state index in [-0.39, 0.29) is 49.6 Å². The molecule has 1 aromatic carbocycles. The highest BCUT2D eigenvalue weighted by Crippen LogP contribution is 2.58. The van der Waals surface area contributed by atoms with Gasteiger partial charge < -0.3 is 19.9 Å². The Balaban J connectivity index is 1.38. The summed E-state index contributed by atoms with van der Waals surface area (Å²) in [5, 5.41) is 13.0. The van der Waals surface area contributed by atoms with Gasteiger partial charge in [-0.3, -0.25) is 14.4 Å². The lowest BCUT2D eigenvalue weighted by atomic mass is 9.65. The molecule has 10 heteroatoms. The van der Waals surface area contributed by atoms with Gasteiger partial charge in [0.05, 0.1) is 13.2 Å². The van der Waals surface area contributed by atoms with Gasteiger partial charge in [0.2, 0.25) is 11.8 Å². The molecule has 1 spiro atoms. The lowest BCUT2D eigenvalue weighted by Crippen LogP contribution is -2.49. The van der Waals surface area contributed by atoms with Crippen molar-refractivity contribution in [2.75, 3.05) is 13.7 Å². The summed E-state index contributed by atoms with van der Waals surface area (Å²) in [5.74, 6) is -3.44. The number of H-pyrrole nitrogens is 1. The third-order valence-corrected chi connectivity index (χ3v) is 7.84. The van der Waals surface area contributed by atoms with Crippen LogP contribution in [-0.4, -0.2) is 59.1 Å². The van der Waals surface area contributed by atoms with Crippen molar-refractivity contribution in [2.45, 2.75) is 63.0 Å². The number of Topliss-reactive ketones (excluding diaryl/α,β-unsaturated/α-hetero) is 1. The van der Waals surface area contributed by atoms with Crippen LogP contribution in [0.25, 0.3) is 10.9 Å². The first kappa shape index (κ1) is 24.2. The first-order valence-electron chi connectivity index (χ1n) is 12.2. The number of hydrogen-bond donors (Lipinski definition) is 2. The number of carbonyl (C=O) groups is 3. The largest absolute Gasteiger partial charge is 0.496 e. The Kier molecular flexibility index (Phi) is 5.97. The van der Waals surface area contributed by atoms with Crippen LogP contribution >= 0.6 is 0 Å². The van der Waals surface area contributed by atoms with Crippen LogP contribution in [0.2, 0.25) is 0 Å². The molecule has 1 aromatic heterocycles. The molecule has 3 aliphatic rings. The molecule has 2 heterocycles. The number of halogens is 2. The third-order valence-electron chi connectivity index (χ3n) is 7.84. The molecule has 190 valence electrons. The number of benzene rings is 1. The second-order valence-electron chi connectivity index (χ2n) is 10.4. The zero-order chi connectivity index (χ0) is 25.7. The van der Waals surface area contributed by atoms with Crippen LogP contribution in [0.15, 0.2) is 24.3 Å². The summed E-state index contributed by atoms with van der Waals surface area (Å²) in [6.45, 7) is 0.0321. The fourth-order valence-corrected chi connectivity index (χ4v) is 6.21. The minimum absolute atomic E-state index is 0.0321. The third kappa shape index (κ3) is 4.31. The van der Waals surface area contributed by atoms with Crippen molar-refractivity contribution in [1.29, 1.82) is 5.26 Å². The molecule has 2 amide bonds. The van der Waals surface area contributed by atoms with E-state index < -0.39 is 35.2 Å². The number of fused-ring (bicyclic) bond motifs is 1. The van der Waals surface area contributed by atoms with Gasteiger partial charge in [0.25, 0.3) is 5.91 Å². The van der Waals surface area contributed by atoms with E-state index in [4.69, 9.17) is 4.74 Å². The number of methoxy groups -OCH3 is 1. The number of nitrogens with one attached hydrogen (secondary N) is 2. The summed E-state index contributed by atoms with van der Waals surface area (Å²) < 4.78 is 33.1. The van der Waals surface area contributed by atoms with Gasteiger partial charge in [-0.2, -0.15) is 5.26 Å². The van der Waals surface area contributed by atoms with E-state index >= 15 is 0 Å². The summed E-state index contributed by atoms with van der Waals surface area (Å²) in [7, 11) is 1.52. The second kappa shape index (κ2) is 8.87. The predicted molar refractivity (Wildman–Crippen MR) is 125 cm³/mol. The molecular formula is C26H28F2N4O4. The van der Waals surface area contributed by atoms with Crippen LogP contribution in [0.5, 0.6) is 5.75 Å². The Morgan fingerprint density at radius 3 is 2.78 bits per heavy atom. The summed E-state index contributed by atoms with van der Waals surface area (Å²) in [4.78, 5) is 43.3. The van der Waals surface area contributed by atoms with Gasteiger partial charge in [0.15, 0.2) is 0 Å². The Labute approximate surface area is 207 Å². The highest BCUT2D eigenvalue weighted by Gasteiger charge is 2.62. The Hall–Kier alpha value is -3.48. The highest BCUT2D eigenvalue weighted by atomic mass is 19.3. The Bertz CT molecular complexity index is 1260. The standard InChI is InChI=1S/C26H28F2N4O4/c1-36-22-7-3-5-18-17(22)9-19(31-18)24(35)32-14-25(12-26(27,28)13-25)10-20(32)23(34)30-16(11-29)8-15-4-2-6-21(15)33/h3,5,7,9,15-16,20,31H,2,4,6,8,10,12-14H2,1H3,(H,30,34)/t15-,16-,20-/m0/s1. The lowest BCUT2D eigenvalue weighted by molar-refractivity contribution is -0.155. The van der Waals surface area contributed by atoms with Crippen molar-refractivity contribution in [2.24, 2.45) is 11.3 Å². The van der Waals surface area contributed by atoms with Gasteiger partial charge >= 0.3 is 0 Å². The van der Waals surface area contributed by atoms with Crippen molar-refractivity contribution in [3.8, 4) is 11.8 Å². The number of amides is 2. The maximum absolute atomic E-state index is 13.9. The zero-order valence-corrected chi connectivity index (χ0v) is 20.0. The molecular weight excluding hydrogens is 470 g/mol. The van der Waals surface area contributed by atoms with Crippen LogP contribution in [-0.2, 0) is 9.59 Å². The molecule has 0 bridgehead atoms. The van der Waals surface area contributed by atoms with E-state index in [9.17, 15) is 28.4 Å². The minimum Gasteiger partial charge on any atom is -0.496 e. The van der Waals surface area contributed by atoms with Crippen molar-refractivity contribution >= 4 is 28.5 Å². The number of rotatable bonds is 6. The van der Waals surface area contributed by atoms with Crippen LogP contribution in [0, 0.1) is 22.7 Å². The first-order chi connectivity index (χ1) is 17.1. The summed E-state index contributed by atoms with van der Waals surface area (Å²) in [5.41, 5.74) is 0.0615. The van der Waals surface area contributed by atoms with Crippen LogP contribution in [0.4, 0.5) is 8.78 Å². The first-order valence-corrected chi connectivity index (χ1v) is 12.2. The topological polar surface area (TPSA) is 115 Å². The molecule has 2 N–H and O–H groups in total. The number of carbonyl (C=O) groups excluding carboxylic acids is 3. The van der Waals surface area contributed by atoms with Crippen LogP contribution < -0.4 is 10.1 Å². The van der Waals surface area contributed by atoms with E-state index in [1.54, 1.807) is 24.3 Å². The lowest BCUT2D eigenvalue weighted by Gasteiger charge is -2.44. The van der Waals surface area contributed by atoms with E-state index in [1.807, 2.05) is 6.07 Å². The fraction of sp³-hybridized carbons (Fsp3) is 0.538. The smallest absolute Gasteiger partial charge is 0.271 e. The van der Waals surface area contributed by atoms with Crippen molar-refractivity contribution in [3.05, 3.63) is 30.0 Å². The molecule has 36 heavy (non-hydrogen) atoms. The monoisotopic (exact) mass is 498 g/mol. The van der Waals surface area contributed by atoms with Gasteiger partial charge in [-0.05, 0) is 43.9 Å². The number of alkyl halides is 2. The Morgan fingerprint density at radius 1 is 1.36 bits per heavy atom. The maximum atomic E-state index is 13.9. The molecule has 1 aliphatic heterocycles. The Morgan fingerprint density at radius 2 is 2.14 bits per heavy atom. The molecule has 1 saturated heterocycles. The average Bonchev–Trinajstić information content (AvgIpc) is 3.54. The molecule has 5 rings (SSSR count). The average molecular weight is 499 g/mol. The van der Waals surface area contributed by atoms with Gasteiger partial charge in [0.1, 0.15) is 29.3 Å². The summed E-state index contributed by atoms with van der Waals surface area (Å²) >= 11 is 0. The number of hydrogen-bond acceptors (Lipinski definition) is 5. The van der Waals surface area contributed by atoms with Gasteiger partial charge in [-0.15, -0.1) is 0 Å². The molecule has 2 aromatic rings. The fourth-order valence-electron chi connectivity index (χ4n) is 6.21. The van der Waals surface area contributed by atoms with E-state index in [2.05, 4.69) is 10.3 Å². The quantitative estimate of drug-likeness (QED) is 0.632. The molecule has 0 radical (unpaired) electrons. The molecule has 2 saturated carbocycles. The summed E-state index contributed by atoms with van der Waals surface area (Å²) in [6.07, 6.45) is 1.48. The van der Waals surface area contributed by atoms with E-state index in [0.29, 0.717) is 29.5 Å². The number of ketones is 1. The molecule has 3 fully saturated rings. The molecule has 3 atom stereocenters.